The van der Waals surface area contributed by atoms with Gasteiger partial charge in [-0.3, -0.25) is 0 Å². The zero-order valence-electron chi connectivity index (χ0n) is 8.40. The second-order valence-corrected chi connectivity index (χ2v) is 4.53. The van der Waals surface area contributed by atoms with Crippen molar-refractivity contribution in [1.29, 1.82) is 0 Å². The molecule has 1 aliphatic heterocycles. The molecule has 0 spiro atoms. The summed E-state index contributed by atoms with van der Waals surface area (Å²) in [5, 5.41) is 9.72. The Balaban J connectivity index is 2.37. The number of methoxy groups -OCH3 is 1. The lowest BCUT2D eigenvalue weighted by atomic mass is 10.0. The minimum Gasteiger partial charge on any atom is -0.465 e. The van der Waals surface area contributed by atoms with Gasteiger partial charge in [0.2, 0.25) is 0 Å². The number of carbonyl (C=O) groups excluding carboxylic acids is 1. The van der Waals surface area contributed by atoms with Crippen LogP contribution in [0.15, 0.2) is 23.1 Å². The molecule has 3 nitrogen and oxygen atoms in total. The Morgan fingerprint density at radius 2 is 2.40 bits per heavy atom. The number of aliphatic hydroxyl groups is 1. The van der Waals surface area contributed by atoms with Gasteiger partial charge in [0, 0.05) is 10.6 Å². The number of carbonyl (C=O) groups is 1. The molecule has 0 aliphatic carbocycles. The molecule has 0 saturated carbocycles. The molecule has 0 radical (unpaired) electrons. The van der Waals surface area contributed by atoms with Crippen LogP contribution in [0, 0.1) is 0 Å². The lowest BCUT2D eigenvalue weighted by Crippen LogP contribution is -2.08. The fraction of sp³-hybridized carbons (Fsp3) is 0.364. The molecule has 0 saturated heterocycles. The van der Waals surface area contributed by atoms with E-state index in [2.05, 4.69) is 4.74 Å². The molecule has 0 aromatic heterocycles. The van der Waals surface area contributed by atoms with E-state index in [1.54, 1.807) is 30.0 Å². The zero-order valence-corrected chi connectivity index (χ0v) is 9.21. The molecule has 1 unspecified atom stereocenters. The SMILES string of the molecule is COC(=O)c1ccc2c(c1)SCCC2O. The van der Waals surface area contributed by atoms with Gasteiger partial charge in [0.05, 0.1) is 18.8 Å². The molecule has 2 rings (SSSR count). The van der Waals surface area contributed by atoms with Crippen LogP contribution in [0.3, 0.4) is 0 Å². The quantitative estimate of drug-likeness (QED) is 0.741. The minimum atomic E-state index is -0.395. The summed E-state index contributed by atoms with van der Waals surface area (Å²) >= 11 is 1.67. The first kappa shape index (κ1) is 10.5. The predicted octanol–water partition coefficient (Wildman–Crippen LogP) is 2.00. The number of benzene rings is 1. The Morgan fingerprint density at radius 3 is 3.13 bits per heavy atom. The Kier molecular flexibility index (Phi) is 2.98. The second kappa shape index (κ2) is 4.24. The lowest BCUT2D eigenvalue weighted by Gasteiger charge is -2.20. The van der Waals surface area contributed by atoms with Gasteiger partial charge >= 0.3 is 5.97 Å². The zero-order chi connectivity index (χ0) is 10.8. The van der Waals surface area contributed by atoms with Gasteiger partial charge in [-0.15, -0.1) is 11.8 Å². The summed E-state index contributed by atoms with van der Waals surface area (Å²) in [4.78, 5) is 12.3. The van der Waals surface area contributed by atoms with Crippen LogP contribution in [0.1, 0.15) is 28.4 Å². The van der Waals surface area contributed by atoms with Crippen molar-refractivity contribution >= 4 is 17.7 Å². The molecule has 0 amide bonds. The lowest BCUT2D eigenvalue weighted by molar-refractivity contribution is 0.0600. The first-order valence-corrected chi connectivity index (χ1v) is 5.74. The average molecular weight is 224 g/mol. The van der Waals surface area contributed by atoms with Gasteiger partial charge in [-0.05, 0) is 24.1 Å². The van der Waals surface area contributed by atoms with E-state index in [0.717, 1.165) is 22.6 Å². The van der Waals surface area contributed by atoms with Crippen molar-refractivity contribution in [3.05, 3.63) is 29.3 Å². The number of hydrogen-bond acceptors (Lipinski definition) is 4. The van der Waals surface area contributed by atoms with E-state index in [1.165, 1.54) is 7.11 Å². The fourth-order valence-electron chi connectivity index (χ4n) is 1.62. The number of fused-ring (bicyclic) bond motifs is 1. The van der Waals surface area contributed by atoms with Crippen molar-refractivity contribution in [1.82, 2.24) is 0 Å². The highest BCUT2D eigenvalue weighted by Crippen LogP contribution is 2.36. The number of esters is 1. The number of rotatable bonds is 1. The molecule has 1 heterocycles. The highest BCUT2D eigenvalue weighted by atomic mass is 32.2. The molecular weight excluding hydrogens is 212 g/mol. The van der Waals surface area contributed by atoms with E-state index < -0.39 is 6.10 Å². The monoisotopic (exact) mass is 224 g/mol. The first-order chi connectivity index (χ1) is 7.22. The summed E-state index contributed by atoms with van der Waals surface area (Å²) in [6.45, 7) is 0. The second-order valence-electron chi connectivity index (χ2n) is 3.40. The molecule has 1 N–H and O–H groups in total. The van der Waals surface area contributed by atoms with Crippen LogP contribution in [-0.2, 0) is 4.74 Å². The Labute approximate surface area is 92.4 Å². The maximum absolute atomic E-state index is 11.3. The van der Waals surface area contributed by atoms with Crippen LogP contribution in [-0.4, -0.2) is 23.9 Å². The molecule has 15 heavy (non-hydrogen) atoms. The van der Waals surface area contributed by atoms with Gasteiger partial charge < -0.3 is 9.84 Å². The van der Waals surface area contributed by atoms with Crippen molar-refractivity contribution in [2.45, 2.75) is 17.4 Å². The largest absolute Gasteiger partial charge is 0.465 e. The van der Waals surface area contributed by atoms with Crippen molar-refractivity contribution in [2.75, 3.05) is 12.9 Å². The summed E-state index contributed by atoms with van der Waals surface area (Å²) in [7, 11) is 1.36. The van der Waals surface area contributed by atoms with Crippen LogP contribution < -0.4 is 0 Å². The Bertz CT molecular complexity index is 389. The number of ether oxygens (including phenoxy) is 1. The summed E-state index contributed by atoms with van der Waals surface area (Å²) in [5.74, 6) is 0.553. The first-order valence-electron chi connectivity index (χ1n) is 4.75. The predicted molar refractivity (Wildman–Crippen MR) is 58.1 cm³/mol. The number of thioether (sulfide) groups is 1. The number of aliphatic hydroxyl groups excluding tert-OH is 1. The molecule has 1 aromatic carbocycles. The molecular formula is C11H12O3S. The van der Waals surface area contributed by atoms with Crippen LogP contribution in [0.4, 0.5) is 0 Å². The van der Waals surface area contributed by atoms with Gasteiger partial charge in [0.15, 0.2) is 0 Å². The standard InChI is InChI=1S/C11H12O3S/c1-14-11(13)7-2-3-8-9(12)4-5-15-10(8)6-7/h2-3,6,9,12H,4-5H2,1H3. The molecule has 0 fully saturated rings. The van der Waals surface area contributed by atoms with E-state index in [4.69, 9.17) is 0 Å². The summed E-state index contributed by atoms with van der Waals surface area (Å²) < 4.78 is 4.64. The highest BCUT2D eigenvalue weighted by Gasteiger charge is 2.19. The van der Waals surface area contributed by atoms with Gasteiger partial charge in [-0.2, -0.15) is 0 Å². The summed E-state index contributed by atoms with van der Waals surface area (Å²) in [6.07, 6.45) is 0.378. The van der Waals surface area contributed by atoms with Crippen molar-refractivity contribution in [3.63, 3.8) is 0 Å². The van der Waals surface area contributed by atoms with Crippen molar-refractivity contribution < 1.29 is 14.6 Å². The van der Waals surface area contributed by atoms with E-state index >= 15 is 0 Å². The molecule has 1 atom stereocenters. The van der Waals surface area contributed by atoms with E-state index in [9.17, 15) is 9.90 Å². The van der Waals surface area contributed by atoms with Crippen molar-refractivity contribution in [3.8, 4) is 0 Å². The maximum Gasteiger partial charge on any atom is 0.337 e. The highest BCUT2D eigenvalue weighted by molar-refractivity contribution is 7.99. The van der Waals surface area contributed by atoms with Gasteiger partial charge in [0.25, 0.3) is 0 Å². The van der Waals surface area contributed by atoms with Gasteiger partial charge in [-0.25, -0.2) is 4.79 Å². The topological polar surface area (TPSA) is 46.5 Å². The average Bonchev–Trinajstić information content (AvgIpc) is 2.28. The Hall–Kier alpha value is -1.00. The van der Waals surface area contributed by atoms with E-state index in [-0.39, 0.29) is 5.97 Å². The van der Waals surface area contributed by atoms with Gasteiger partial charge in [0.1, 0.15) is 0 Å². The summed E-state index contributed by atoms with van der Waals surface area (Å²) in [5.41, 5.74) is 1.46. The third kappa shape index (κ3) is 2.01. The third-order valence-corrected chi connectivity index (χ3v) is 3.55. The minimum absolute atomic E-state index is 0.335. The molecule has 0 bridgehead atoms. The normalized spacial score (nSPS) is 19.5. The van der Waals surface area contributed by atoms with Crippen molar-refractivity contribution in [2.24, 2.45) is 0 Å². The molecule has 80 valence electrons. The van der Waals surface area contributed by atoms with Gasteiger partial charge in [-0.1, -0.05) is 6.07 Å². The van der Waals surface area contributed by atoms with E-state index in [1.807, 2.05) is 0 Å². The van der Waals surface area contributed by atoms with Crippen LogP contribution in [0.25, 0.3) is 0 Å². The van der Waals surface area contributed by atoms with Crippen LogP contribution >= 0.6 is 11.8 Å². The maximum atomic E-state index is 11.3. The Morgan fingerprint density at radius 1 is 1.60 bits per heavy atom. The number of hydrogen-bond donors (Lipinski definition) is 1. The smallest absolute Gasteiger partial charge is 0.337 e. The van der Waals surface area contributed by atoms with Crippen LogP contribution in [0.5, 0.6) is 0 Å². The summed E-state index contributed by atoms with van der Waals surface area (Å²) in [6, 6.07) is 5.28. The fourth-order valence-corrected chi connectivity index (χ4v) is 2.76. The van der Waals surface area contributed by atoms with Crippen LogP contribution in [0.2, 0.25) is 0 Å². The molecule has 1 aliphatic rings. The third-order valence-electron chi connectivity index (χ3n) is 2.44. The molecule has 4 heteroatoms. The van der Waals surface area contributed by atoms with E-state index in [0.29, 0.717) is 5.56 Å². The molecule has 1 aromatic rings.